The molecular weight excluding hydrogens is 224 g/mol. The van der Waals surface area contributed by atoms with Crippen molar-refractivity contribution in [2.24, 2.45) is 5.92 Å². The van der Waals surface area contributed by atoms with Crippen LogP contribution in [0, 0.1) is 5.92 Å². The van der Waals surface area contributed by atoms with Gasteiger partial charge >= 0.3 is 0 Å². The third kappa shape index (κ3) is 3.72. The molecule has 1 aromatic rings. The number of benzene rings is 1. The summed E-state index contributed by atoms with van der Waals surface area (Å²) in [5, 5.41) is 9.76. The van der Waals surface area contributed by atoms with Crippen molar-refractivity contribution in [3.63, 3.8) is 0 Å². The minimum absolute atomic E-state index is 0.428. The van der Waals surface area contributed by atoms with Crippen LogP contribution in [0.5, 0.6) is 5.75 Å². The molecule has 0 aromatic heterocycles. The molecule has 1 aliphatic heterocycles. The van der Waals surface area contributed by atoms with Crippen LogP contribution in [0.1, 0.15) is 12.5 Å². The number of nitrogens with zero attached hydrogens (tertiary/aromatic N) is 2. The minimum Gasteiger partial charge on any atom is -0.508 e. The van der Waals surface area contributed by atoms with Crippen molar-refractivity contribution in [3.05, 3.63) is 29.8 Å². The van der Waals surface area contributed by atoms with Crippen molar-refractivity contribution in [1.82, 2.24) is 9.80 Å². The van der Waals surface area contributed by atoms with Gasteiger partial charge in [-0.1, -0.05) is 25.1 Å². The second-order valence-electron chi connectivity index (χ2n) is 5.55. The number of hydrogen-bond donors (Lipinski definition) is 1. The predicted molar refractivity (Wildman–Crippen MR) is 74.9 cm³/mol. The Morgan fingerprint density at radius 3 is 2.78 bits per heavy atom. The standard InChI is InChI=1S/C15H24N2O/c1-13-11-16(2)9-10-17(12-13)8-7-14-5-3-4-6-15(14)18/h3-6,13,18H,7-12H2,1-2H3/t13-/m0/s1. The maximum Gasteiger partial charge on any atom is 0.118 e. The average Bonchev–Trinajstić information content (AvgIpc) is 2.49. The van der Waals surface area contributed by atoms with Crippen molar-refractivity contribution in [1.29, 1.82) is 0 Å². The van der Waals surface area contributed by atoms with Gasteiger partial charge in [0, 0.05) is 32.7 Å². The first kappa shape index (κ1) is 13.4. The molecule has 100 valence electrons. The van der Waals surface area contributed by atoms with Crippen LogP contribution < -0.4 is 0 Å². The lowest BCUT2D eigenvalue weighted by Gasteiger charge is -2.21. The summed E-state index contributed by atoms with van der Waals surface area (Å²) in [6.45, 7) is 7.98. The smallest absolute Gasteiger partial charge is 0.118 e. The number of para-hydroxylation sites is 1. The third-order valence-electron chi connectivity index (χ3n) is 3.68. The molecule has 0 saturated carbocycles. The Hall–Kier alpha value is -1.06. The number of rotatable bonds is 3. The first-order chi connectivity index (χ1) is 8.65. The lowest BCUT2D eigenvalue weighted by molar-refractivity contribution is 0.266. The molecule has 0 bridgehead atoms. The van der Waals surface area contributed by atoms with Crippen molar-refractivity contribution in [2.45, 2.75) is 13.3 Å². The maximum atomic E-state index is 9.76. The summed E-state index contributed by atoms with van der Waals surface area (Å²) in [5.74, 6) is 1.15. The van der Waals surface area contributed by atoms with E-state index in [0.717, 1.165) is 44.1 Å². The molecule has 1 N–H and O–H groups in total. The molecule has 1 saturated heterocycles. The average molecular weight is 248 g/mol. The summed E-state index contributed by atoms with van der Waals surface area (Å²) in [7, 11) is 2.20. The van der Waals surface area contributed by atoms with Gasteiger partial charge in [0.25, 0.3) is 0 Å². The Morgan fingerprint density at radius 2 is 2.00 bits per heavy atom. The van der Waals surface area contributed by atoms with Gasteiger partial charge in [0.15, 0.2) is 0 Å². The molecule has 1 atom stereocenters. The molecule has 0 spiro atoms. The Balaban J connectivity index is 1.88. The fraction of sp³-hybridized carbons (Fsp3) is 0.600. The summed E-state index contributed by atoms with van der Waals surface area (Å²) < 4.78 is 0. The van der Waals surface area contributed by atoms with E-state index in [2.05, 4.69) is 23.8 Å². The molecule has 0 aliphatic carbocycles. The highest BCUT2D eigenvalue weighted by Crippen LogP contribution is 2.17. The van der Waals surface area contributed by atoms with Crippen LogP contribution in [-0.4, -0.2) is 54.7 Å². The Morgan fingerprint density at radius 1 is 1.22 bits per heavy atom. The summed E-state index contributed by atoms with van der Waals surface area (Å²) in [5.41, 5.74) is 1.06. The van der Waals surface area contributed by atoms with Crippen LogP contribution in [-0.2, 0) is 6.42 Å². The second-order valence-corrected chi connectivity index (χ2v) is 5.55. The first-order valence-corrected chi connectivity index (χ1v) is 6.83. The van der Waals surface area contributed by atoms with Gasteiger partial charge in [0.05, 0.1) is 0 Å². The van der Waals surface area contributed by atoms with Crippen LogP contribution in [0.15, 0.2) is 24.3 Å². The van der Waals surface area contributed by atoms with Gasteiger partial charge in [0.2, 0.25) is 0 Å². The normalized spacial score (nSPS) is 22.9. The van der Waals surface area contributed by atoms with E-state index in [9.17, 15) is 5.11 Å². The molecule has 0 radical (unpaired) electrons. The SMILES string of the molecule is C[C@H]1CN(C)CCN(CCc2ccccc2O)C1. The zero-order valence-electron chi connectivity index (χ0n) is 11.5. The van der Waals surface area contributed by atoms with Gasteiger partial charge in [0.1, 0.15) is 5.75 Å². The van der Waals surface area contributed by atoms with Crippen molar-refractivity contribution < 1.29 is 5.11 Å². The van der Waals surface area contributed by atoms with Gasteiger partial charge in [-0.2, -0.15) is 0 Å². The first-order valence-electron chi connectivity index (χ1n) is 6.83. The second kappa shape index (κ2) is 6.21. The largest absolute Gasteiger partial charge is 0.508 e. The zero-order valence-corrected chi connectivity index (χ0v) is 11.5. The predicted octanol–water partition coefficient (Wildman–Crippen LogP) is 1.82. The van der Waals surface area contributed by atoms with E-state index in [1.165, 1.54) is 6.54 Å². The lowest BCUT2D eigenvalue weighted by atomic mass is 10.1. The van der Waals surface area contributed by atoms with E-state index >= 15 is 0 Å². The fourth-order valence-corrected chi connectivity index (χ4v) is 2.73. The quantitative estimate of drug-likeness (QED) is 0.884. The van der Waals surface area contributed by atoms with Gasteiger partial charge < -0.3 is 14.9 Å². The van der Waals surface area contributed by atoms with Gasteiger partial charge in [-0.05, 0) is 31.0 Å². The number of likely N-dealkylation sites (N-methyl/N-ethyl adjacent to an activating group) is 1. The van der Waals surface area contributed by atoms with Gasteiger partial charge in [-0.15, -0.1) is 0 Å². The summed E-state index contributed by atoms with van der Waals surface area (Å²) in [6.07, 6.45) is 0.934. The Labute approximate surface area is 110 Å². The third-order valence-corrected chi connectivity index (χ3v) is 3.68. The zero-order chi connectivity index (χ0) is 13.0. The Bertz CT molecular complexity index is 381. The number of phenolic OH excluding ortho intramolecular Hbond substituents is 1. The van der Waals surface area contributed by atoms with E-state index in [1.807, 2.05) is 18.2 Å². The van der Waals surface area contributed by atoms with Crippen LogP contribution in [0.3, 0.4) is 0 Å². The van der Waals surface area contributed by atoms with Gasteiger partial charge in [-0.25, -0.2) is 0 Å². The molecule has 3 nitrogen and oxygen atoms in total. The van der Waals surface area contributed by atoms with Crippen molar-refractivity contribution in [3.8, 4) is 5.75 Å². The highest BCUT2D eigenvalue weighted by molar-refractivity contribution is 5.31. The van der Waals surface area contributed by atoms with Crippen LogP contribution >= 0.6 is 0 Å². The van der Waals surface area contributed by atoms with Gasteiger partial charge in [-0.3, -0.25) is 0 Å². The monoisotopic (exact) mass is 248 g/mol. The molecule has 18 heavy (non-hydrogen) atoms. The molecule has 1 aromatic carbocycles. The van der Waals surface area contributed by atoms with E-state index in [0.29, 0.717) is 5.75 Å². The molecule has 1 fully saturated rings. The molecule has 0 unspecified atom stereocenters. The van der Waals surface area contributed by atoms with Crippen molar-refractivity contribution >= 4 is 0 Å². The molecule has 3 heteroatoms. The fourth-order valence-electron chi connectivity index (χ4n) is 2.73. The topological polar surface area (TPSA) is 26.7 Å². The number of hydrogen-bond acceptors (Lipinski definition) is 3. The highest BCUT2D eigenvalue weighted by atomic mass is 16.3. The van der Waals surface area contributed by atoms with Crippen LogP contribution in [0.4, 0.5) is 0 Å². The van der Waals surface area contributed by atoms with Crippen molar-refractivity contribution in [2.75, 3.05) is 39.8 Å². The molecule has 2 rings (SSSR count). The molecule has 1 aliphatic rings. The Kier molecular flexibility index (Phi) is 4.61. The highest BCUT2D eigenvalue weighted by Gasteiger charge is 2.17. The summed E-state index contributed by atoms with van der Waals surface area (Å²) >= 11 is 0. The van der Waals surface area contributed by atoms with Crippen LogP contribution in [0.25, 0.3) is 0 Å². The van der Waals surface area contributed by atoms with E-state index < -0.39 is 0 Å². The number of phenols is 1. The van der Waals surface area contributed by atoms with Crippen LogP contribution in [0.2, 0.25) is 0 Å². The van der Waals surface area contributed by atoms with E-state index in [4.69, 9.17) is 0 Å². The number of aromatic hydroxyl groups is 1. The molecule has 1 heterocycles. The molecular formula is C15H24N2O. The lowest BCUT2D eigenvalue weighted by Crippen LogP contribution is -2.31. The summed E-state index contributed by atoms with van der Waals surface area (Å²) in [4.78, 5) is 4.92. The minimum atomic E-state index is 0.428. The maximum absolute atomic E-state index is 9.76. The molecule has 0 amide bonds. The van der Waals surface area contributed by atoms with E-state index in [-0.39, 0.29) is 0 Å². The van der Waals surface area contributed by atoms with E-state index in [1.54, 1.807) is 6.07 Å². The summed E-state index contributed by atoms with van der Waals surface area (Å²) in [6, 6.07) is 7.66.